The van der Waals surface area contributed by atoms with Crippen molar-refractivity contribution < 1.29 is 28.4 Å². The first-order valence-corrected chi connectivity index (χ1v) is 6.67. The van der Waals surface area contributed by atoms with E-state index in [9.17, 15) is 0 Å². The van der Waals surface area contributed by atoms with E-state index in [4.69, 9.17) is 28.4 Å². The average molecular weight is 274 g/mol. The third-order valence-corrected chi connectivity index (χ3v) is 3.58. The van der Waals surface area contributed by atoms with Crippen LogP contribution in [0, 0.1) is 0 Å². The normalized spacial score (nSPS) is 46.9. The van der Waals surface area contributed by atoms with E-state index in [0.717, 1.165) is 0 Å². The largest absolute Gasteiger partial charge is 0.382 e. The summed E-state index contributed by atoms with van der Waals surface area (Å²) in [5.41, 5.74) is 0. The fourth-order valence-electron chi connectivity index (χ4n) is 2.99. The number of fused-ring (bicyclic) bond motifs is 3. The third kappa shape index (κ3) is 2.41. The smallest absolute Gasteiger partial charge is 0.190 e. The van der Waals surface area contributed by atoms with Crippen LogP contribution in [0.1, 0.15) is 27.7 Å². The molecule has 0 saturated carbocycles. The van der Waals surface area contributed by atoms with Gasteiger partial charge < -0.3 is 28.4 Å². The van der Waals surface area contributed by atoms with Gasteiger partial charge in [-0.1, -0.05) is 0 Å². The molecule has 0 bridgehead atoms. The van der Waals surface area contributed by atoms with Crippen molar-refractivity contribution in [3.63, 3.8) is 0 Å². The van der Waals surface area contributed by atoms with Gasteiger partial charge in [-0.25, -0.2) is 0 Å². The lowest BCUT2D eigenvalue weighted by molar-refractivity contribution is -0.241. The fourth-order valence-corrected chi connectivity index (χ4v) is 2.99. The molecule has 0 aromatic rings. The van der Waals surface area contributed by atoms with Gasteiger partial charge in [0.15, 0.2) is 17.9 Å². The molecule has 0 spiro atoms. The maximum absolute atomic E-state index is 5.97. The van der Waals surface area contributed by atoms with Crippen LogP contribution in [0.5, 0.6) is 0 Å². The Kier molecular flexibility index (Phi) is 3.16. The summed E-state index contributed by atoms with van der Waals surface area (Å²) < 4.78 is 34.7. The minimum atomic E-state index is -0.669. The van der Waals surface area contributed by atoms with E-state index in [1.165, 1.54) is 0 Å². The van der Waals surface area contributed by atoms with Crippen LogP contribution in [-0.2, 0) is 28.4 Å². The molecule has 3 aliphatic heterocycles. The predicted octanol–water partition coefficient (Wildman–Crippen LogP) is 1.03. The van der Waals surface area contributed by atoms with Crippen molar-refractivity contribution in [3.8, 4) is 0 Å². The highest BCUT2D eigenvalue weighted by Crippen LogP contribution is 2.43. The molecule has 3 aliphatic rings. The Bertz CT molecular complexity index is 355. The number of methoxy groups -OCH3 is 1. The molecule has 3 rings (SSSR count). The summed E-state index contributed by atoms with van der Waals surface area (Å²) in [6.45, 7) is 7.97. The molecule has 0 amide bonds. The molecule has 0 N–H and O–H groups in total. The summed E-state index contributed by atoms with van der Waals surface area (Å²) in [5, 5.41) is 0. The topological polar surface area (TPSA) is 55.4 Å². The molecule has 3 saturated heterocycles. The number of hydrogen-bond donors (Lipinski definition) is 0. The molecular weight excluding hydrogens is 252 g/mol. The molecule has 1 unspecified atom stereocenters. The maximum Gasteiger partial charge on any atom is 0.190 e. The van der Waals surface area contributed by atoms with Gasteiger partial charge in [-0.15, -0.1) is 0 Å². The highest BCUT2D eigenvalue weighted by Gasteiger charge is 2.60. The molecule has 0 aromatic heterocycles. The first-order valence-electron chi connectivity index (χ1n) is 6.67. The average Bonchev–Trinajstić information content (AvgIpc) is 2.74. The summed E-state index contributed by atoms with van der Waals surface area (Å²) in [7, 11) is 1.64. The van der Waals surface area contributed by atoms with Gasteiger partial charge in [-0.3, -0.25) is 0 Å². The van der Waals surface area contributed by atoms with Gasteiger partial charge in [0.1, 0.15) is 24.4 Å². The molecule has 0 aromatic carbocycles. The minimum absolute atomic E-state index is 0.198. The molecule has 0 radical (unpaired) electrons. The van der Waals surface area contributed by atoms with Crippen molar-refractivity contribution in [2.24, 2.45) is 0 Å². The molecule has 5 atom stereocenters. The van der Waals surface area contributed by atoms with E-state index >= 15 is 0 Å². The van der Waals surface area contributed by atoms with Crippen molar-refractivity contribution in [3.05, 3.63) is 0 Å². The van der Waals surface area contributed by atoms with Gasteiger partial charge in [-0.2, -0.15) is 0 Å². The lowest BCUT2D eigenvalue weighted by Crippen LogP contribution is -2.56. The molecule has 6 heteroatoms. The van der Waals surface area contributed by atoms with Crippen LogP contribution < -0.4 is 0 Å². The van der Waals surface area contributed by atoms with Crippen LogP contribution in [0.15, 0.2) is 0 Å². The van der Waals surface area contributed by atoms with Gasteiger partial charge in [0.25, 0.3) is 0 Å². The quantitative estimate of drug-likeness (QED) is 0.749. The van der Waals surface area contributed by atoms with E-state index in [-0.39, 0.29) is 24.4 Å². The Morgan fingerprint density at radius 3 is 2.11 bits per heavy atom. The molecular formula is C13H22O6. The van der Waals surface area contributed by atoms with E-state index in [2.05, 4.69) is 0 Å². The highest BCUT2D eigenvalue weighted by atomic mass is 16.9. The second-order valence-electron chi connectivity index (χ2n) is 6.16. The number of rotatable bonds is 2. The lowest BCUT2D eigenvalue weighted by Gasteiger charge is -2.36. The Labute approximate surface area is 113 Å². The van der Waals surface area contributed by atoms with Gasteiger partial charge in [0.2, 0.25) is 0 Å². The first-order chi connectivity index (χ1) is 8.81. The van der Waals surface area contributed by atoms with E-state index < -0.39 is 17.9 Å². The van der Waals surface area contributed by atoms with Gasteiger partial charge in [0, 0.05) is 7.11 Å². The molecule has 6 nitrogen and oxygen atoms in total. The van der Waals surface area contributed by atoms with Crippen LogP contribution in [0.2, 0.25) is 0 Å². The van der Waals surface area contributed by atoms with Gasteiger partial charge in [0.05, 0.1) is 6.61 Å². The second-order valence-corrected chi connectivity index (χ2v) is 6.16. The highest BCUT2D eigenvalue weighted by molar-refractivity contribution is 4.99. The Morgan fingerprint density at radius 2 is 1.42 bits per heavy atom. The lowest BCUT2D eigenvalue weighted by atomic mass is 9.99. The van der Waals surface area contributed by atoms with Crippen LogP contribution >= 0.6 is 0 Å². The Hall–Kier alpha value is -0.240. The summed E-state index contributed by atoms with van der Waals surface area (Å²) in [5.74, 6) is -1.31. The van der Waals surface area contributed by atoms with Crippen LogP contribution in [-0.4, -0.2) is 56.0 Å². The SMILES string of the molecule is COC[C@H]1OC2OC(C)(C)O[C@@H]2[C@H]2OC(C)(C)O[C@H]21. The zero-order chi connectivity index (χ0) is 13.8. The first kappa shape index (κ1) is 13.7. The van der Waals surface area contributed by atoms with Crippen LogP contribution in [0.3, 0.4) is 0 Å². The second kappa shape index (κ2) is 4.38. The maximum atomic E-state index is 5.97. The van der Waals surface area contributed by atoms with E-state index in [1.54, 1.807) is 7.11 Å². The van der Waals surface area contributed by atoms with Crippen LogP contribution in [0.25, 0.3) is 0 Å². The zero-order valence-electron chi connectivity index (χ0n) is 12.0. The molecule has 19 heavy (non-hydrogen) atoms. The van der Waals surface area contributed by atoms with Gasteiger partial charge >= 0.3 is 0 Å². The summed E-state index contributed by atoms with van der Waals surface area (Å²) in [6.07, 6.45) is -1.32. The van der Waals surface area contributed by atoms with Crippen molar-refractivity contribution in [2.75, 3.05) is 13.7 Å². The number of ether oxygens (including phenoxy) is 6. The van der Waals surface area contributed by atoms with Crippen molar-refractivity contribution in [1.29, 1.82) is 0 Å². The zero-order valence-corrected chi connectivity index (χ0v) is 12.0. The van der Waals surface area contributed by atoms with Crippen molar-refractivity contribution in [2.45, 2.75) is 70.0 Å². The molecule has 110 valence electrons. The third-order valence-electron chi connectivity index (χ3n) is 3.58. The summed E-state index contributed by atoms with van der Waals surface area (Å²) in [6, 6.07) is 0. The Morgan fingerprint density at radius 1 is 0.842 bits per heavy atom. The fraction of sp³-hybridized carbons (Fsp3) is 1.00. The van der Waals surface area contributed by atoms with Crippen molar-refractivity contribution in [1.82, 2.24) is 0 Å². The summed E-state index contributed by atoms with van der Waals surface area (Å²) >= 11 is 0. The van der Waals surface area contributed by atoms with Crippen LogP contribution in [0.4, 0.5) is 0 Å². The van der Waals surface area contributed by atoms with Crippen molar-refractivity contribution >= 4 is 0 Å². The minimum Gasteiger partial charge on any atom is -0.382 e. The molecule has 3 heterocycles. The van der Waals surface area contributed by atoms with Gasteiger partial charge in [-0.05, 0) is 27.7 Å². The summed E-state index contributed by atoms with van der Waals surface area (Å²) in [4.78, 5) is 0. The van der Waals surface area contributed by atoms with E-state index in [0.29, 0.717) is 6.61 Å². The molecule has 3 fully saturated rings. The van der Waals surface area contributed by atoms with E-state index in [1.807, 2.05) is 27.7 Å². The monoisotopic (exact) mass is 274 g/mol. The number of hydrogen-bond acceptors (Lipinski definition) is 6. The predicted molar refractivity (Wildman–Crippen MR) is 64.4 cm³/mol. The Balaban J connectivity index is 1.84. The standard InChI is InChI=1S/C13H22O6/c1-12(2)16-8-7(6-14-5)15-11-10(9(8)17-12)18-13(3,4)19-11/h7-11H,6H2,1-5H3/t7-,8+,9+,10-,11?/m1/s1. The molecule has 0 aliphatic carbocycles.